The van der Waals surface area contributed by atoms with Crippen molar-refractivity contribution in [2.45, 2.75) is 40.0 Å². The summed E-state index contributed by atoms with van der Waals surface area (Å²) < 4.78 is 27.5. The molecule has 108 valence electrons. The average Bonchev–Trinajstić information content (AvgIpc) is 2.38. The summed E-state index contributed by atoms with van der Waals surface area (Å²) in [5, 5.41) is 2.89. The number of nitrogens with one attached hydrogen (secondary N) is 1. The number of hydrogen-bond donors (Lipinski definition) is 1. The Balaban J connectivity index is 3.02. The molecule has 0 unspecified atom stereocenters. The molecule has 0 atom stereocenters. The predicted molar refractivity (Wildman–Crippen MR) is 75.7 cm³/mol. The van der Waals surface area contributed by atoms with Crippen LogP contribution in [-0.4, -0.2) is 24.6 Å². The maximum Gasteiger partial charge on any atom is 0.168 e. The first-order valence-corrected chi connectivity index (χ1v) is 6.98. The van der Waals surface area contributed by atoms with E-state index in [4.69, 9.17) is 0 Å². The summed E-state index contributed by atoms with van der Waals surface area (Å²) in [6.07, 6.45) is 2.66. The number of hydrogen-bond acceptors (Lipinski definition) is 3. The number of rotatable bonds is 8. The predicted octanol–water partition coefficient (Wildman–Crippen LogP) is 3.81. The summed E-state index contributed by atoms with van der Waals surface area (Å²) in [6.45, 7) is 8.10. The van der Waals surface area contributed by atoms with E-state index in [0.29, 0.717) is 6.54 Å². The molecular formula is C14H23F2N3. The van der Waals surface area contributed by atoms with Gasteiger partial charge in [0.25, 0.3) is 0 Å². The molecule has 0 aliphatic rings. The van der Waals surface area contributed by atoms with Crippen molar-refractivity contribution in [1.82, 2.24) is 4.98 Å². The second-order valence-corrected chi connectivity index (χ2v) is 4.54. The Labute approximate surface area is 114 Å². The van der Waals surface area contributed by atoms with E-state index in [0.717, 1.165) is 38.4 Å². The highest BCUT2D eigenvalue weighted by atomic mass is 19.1. The van der Waals surface area contributed by atoms with Crippen LogP contribution in [0.1, 0.15) is 40.0 Å². The number of aromatic nitrogens is 1. The summed E-state index contributed by atoms with van der Waals surface area (Å²) in [5.41, 5.74) is 0. The second kappa shape index (κ2) is 7.92. The van der Waals surface area contributed by atoms with Crippen LogP contribution in [0.25, 0.3) is 0 Å². The summed E-state index contributed by atoms with van der Waals surface area (Å²) in [6, 6.07) is 0.915. The van der Waals surface area contributed by atoms with E-state index in [1.54, 1.807) is 0 Å². The van der Waals surface area contributed by atoms with Crippen LogP contribution < -0.4 is 10.2 Å². The van der Waals surface area contributed by atoms with E-state index >= 15 is 0 Å². The first-order chi connectivity index (χ1) is 9.13. The van der Waals surface area contributed by atoms with Crippen molar-refractivity contribution in [3.05, 3.63) is 17.7 Å². The zero-order chi connectivity index (χ0) is 14.3. The maximum absolute atomic E-state index is 13.9. The van der Waals surface area contributed by atoms with Gasteiger partial charge in [-0.05, 0) is 19.3 Å². The molecule has 0 aliphatic heterocycles. The summed E-state index contributed by atoms with van der Waals surface area (Å²) in [4.78, 5) is 5.98. The van der Waals surface area contributed by atoms with Crippen LogP contribution >= 0.6 is 0 Å². The van der Waals surface area contributed by atoms with E-state index in [1.807, 2.05) is 25.7 Å². The maximum atomic E-state index is 13.9. The lowest BCUT2D eigenvalue weighted by molar-refractivity contribution is 0.567. The molecule has 0 aromatic carbocycles. The zero-order valence-corrected chi connectivity index (χ0v) is 12.0. The molecule has 1 heterocycles. The topological polar surface area (TPSA) is 28.2 Å². The van der Waals surface area contributed by atoms with Gasteiger partial charge in [-0.15, -0.1) is 0 Å². The van der Waals surface area contributed by atoms with Crippen molar-refractivity contribution in [1.29, 1.82) is 0 Å². The van der Waals surface area contributed by atoms with Crippen molar-refractivity contribution in [2.75, 3.05) is 29.9 Å². The number of halogens is 2. The highest BCUT2D eigenvalue weighted by Crippen LogP contribution is 2.22. The smallest absolute Gasteiger partial charge is 0.168 e. The lowest BCUT2D eigenvalue weighted by Gasteiger charge is -2.23. The van der Waals surface area contributed by atoms with Gasteiger partial charge in [0.05, 0.1) is 0 Å². The van der Waals surface area contributed by atoms with Crippen LogP contribution in [-0.2, 0) is 0 Å². The van der Waals surface area contributed by atoms with Gasteiger partial charge in [0, 0.05) is 25.7 Å². The lowest BCUT2D eigenvalue weighted by Crippen LogP contribution is -2.27. The quantitative estimate of drug-likeness (QED) is 0.779. The molecule has 0 spiro atoms. The molecule has 3 nitrogen and oxygen atoms in total. The van der Waals surface area contributed by atoms with Gasteiger partial charge >= 0.3 is 0 Å². The molecule has 19 heavy (non-hydrogen) atoms. The zero-order valence-electron chi connectivity index (χ0n) is 12.0. The first-order valence-electron chi connectivity index (χ1n) is 6.98. The van der Waals surface area contributed by atoms with Gasteiger partial charge in [0.1, 0.15) is 0 Å². The van der Waals surface area contributed by atoms with Crippen molar-refractivity contribution in [3.8, 4) is 0 Å². The van der Waals surface area contributed by atoms with Crippen molar-refractivity contribution >= 4 is 11.6 Å². The Kier molecular flexibility index (Phi) is 6.53. The standard InChI is InChI=1S/C14H23F2N3/c1-4-7-17-13-11(15)10-12(16)14(18-13)19(8-5-2)9-6-3/h10H,4-9H2,1-3H3,(H,17,18). The van der Waals surface area contributed by atoms with Gasteiger partial charge in [-0.25, -0.2) is 13.8 Å². The number of pyridine rings is 1. The van der Waals surface area contributed by atoms with Crippen LogP contribution in [0.5, 0.6) is 0 Å². The minimum atomic E-state index is -0.636. The molecule has 1 aromatic heterocycles. The fourth-order valence-corrected chi connectivity index (χ4v) is 1.91. The van der Waals surface area contributed by atoms with E-state index in [9.17, 15) is 8.78 Å². The molecule has 0 fully saturated rings. The fraction of sp³-hybridized carbons (Fsp3) is 0.643. The van der Waals surface area contributed by atoms with E-state index in [-0.39, 0.29) is 11.6 Å². The lowest BCUT2D eigenvalue weighted by atomic mass is 10.3. The van der Waals surface area contributed by atoms with Crippen LogP contribution in [0.4, 0.5) is 20.4 Å². The molecule has 1 rings (SSSR count). The third-order valence-corrected chi connectivity index (χ3v) is 2.74. The van der Waals surface area contributed by atoms with Gasteiger partial charge in [-0.3, -0.25) is 0 Å². The van der Waals surface area contributed by atoms with Crippen LogP contribution in [0.2, 0.25) is 0 Å². The highest BCUT2D eigenvalue weighted by Gasteiger charge is 2.16. The summed E-state index contributed by atoms with van der Waals surface area (Å²) in [7, 11) is 0. The monoisotopic (exact) mass is 271 g/mol. The Hall–Kier alpha value is -1.39. The Morgan fingerprint density at radius 3 is 2.21 bits per heavy atom. The van der Waals surface area contributed by atoms with E-state index in [1.165, 1.54) is 0 Å². The van der Waals surface area contributed by atoms with Gasteiger partial charge < -0.3 is 10.2 Å². The minimum Gasteiger partial charge on any atom is -0.368 e. The van der Waals surface area contributed by atoms with Gasteiger partial charge in [-0.2, -0.15) is 0 Å². The fourth-order valence-electron chi connectivity index (χ4n) is 1.91. The van der Waals surface area contributed by atoms with Gasteiger partial charge in [-0.1, -0.05) is 20.8 Å². The molecule has 0 aliphatic carbocycles. The number of nitrogens with zero attached hydrogens (tertiary/aromatic N) is 2. The first kappa shape index (κ1) is 15.7. The Morgan fingerprint density at radius 2 is 1.68 bits per heavy atom. The molecule has 0 amide bonds. The SMILES string of the molecule is CCCNc1nc(N(CCC)CCC)c(F)cc1F. The van der Waals surface area contributed by atoms with E-state index in [2.05, 4.69) is 10.3 Å². The van der Waals surface area contributed by atoms with E-state index < -0.39 is 11.6 Å². The van der Waals surface area contributed by atoms with Crippen molar-refractivity contribution < 1.29 is 8.78 Å². The largest absolute Gasteiger partial charge is 0.368 e. The van der Waals surface area contributed by atoms with Crippen molar-refractivity contribution in [3.63, 3.8) is 0 Å². The molecule has 0 saturated heterocycles. The summed E-state index contributed by atoms with van der Waals surface area (Å²) >= 11 is 0. The van der Waals surface area contributed by atoms with Crippen LogP contribution in [0.3, 0.4) is 0 Å². The normalized spacial score (nSPS) is 10.6. The molecule has 1 aromatic rings. The van der Waals surface area contributed by atoms with Gasteiger partial charge in [0.2, 0.25) is 0 Å². The molecule has 0 saturated carbocycles. The second-order valence-electron chi connectivity index (χ2n) is 4.54. The molecule has 5 heteroatoms. The molecule has 0 radical (unpaired) electrons. The minimum absolute atomic E-state index is 0.135. The van der Waals surface area contributed by atoms with Crippen LogP contribution in [0.15, 0.2) is 6.07 Å². The Morgan fingerprint density at radius 1 is 1.05 bits per heavy atom. The third-order valence-electron chi connectivity index (χ3n) is 2.74. The number of anilines is 2. The third kappa shape index (κ3) is 4.33. The summed E-state index contributed by atoms with van der Waals surface area (Å²) in [5.74, 6) is -0.858. The Bertz CT molecular complexity index is 391. The van der Waals surface area contributed by atoms with Crippen LogP contribution in [0, 0.1) is 11.6 Å². The molecule has 1 N–H and O–H groups in total. The average molecular weight is 271 g/mol. The molecular weight excluding hydrogens is 248 g/mol. The molecule has 0 bridgehead atoms. The van der Waals surface area contributed by atoms with Gasteiger partial charge in [0.15, 0.2) is 23.3 Å². The van der Waals surface area contributed by atoms with Crippen molar-refractivity contribution in [2.24, 2.45) is 0 Å². The highest BCUT2D eigenvalue weighted by molar-refractivity contribution is 5.49.